The number of aromatic amines is 1. The molecule has 0 unspecified atom stereocenters. The summed E-state index contributed by atoms with van der Waals surface area (Å²) in [6, 6.07) is 14.5. The molecule has 2 heterocycles. The second kappa shape index (κ2) is 11.3. The number of nitrogens with one attached hydrogen (secondary N) is 1. The molecule has 0 aliphatic rings. The second-order valence-corrected chi connectivity index (χ2v) is 10.5. The molecule has 5 rings (SSSR count). The Morgan fingerprint density at radius 3 is 2.55 bits per heavy atom. The van der Waals surface area contributed by atoms with Crippen LogP contribution < -0.4 is 4.74 Å². The number of carboxylic acid groups (broad SMARTS) is 1. The number of carbonyl (C=O) groups is 1. The third-order valence-corrected chi connectivity index (χ3v) is 7.84. The molecule has 5 aromatic rings. The van der Waals surface area contributed by atoms with E-state index >= 15 is 0 Å². The number of halogens is 5. The first-order valence-corrected chi connectivity index (χ1v) is 13.3. The van der Waals surface area contributed by atoms with E-state index in [0.717, 1.165) is 27.9 Å². The minimum Gasteiger partial charge on any atom is -0.488 e. The molecular formula is C29H21ClF4N2O3S. The van der Waals surface area contributed by atoms with Gasteiger partial charge in [-0.2, -0.15) is 13.2 Å². The number of benzene rings is 3. The molecule has 2 aromatic heterocycles. The number of hydrogen-bond acceptors (Lipinski definition) is 4. The van der Waals surface area contributed by atoms with Crippen LogP contribution in [0.2, 0.25) is 5.02 Å². The Morgan fingerprint density at radius 2 is 1.85 bits per heavy atom. The molecule has 40 heavy (non-hydrogen) atoms. The number of fused-ring (bicyclic) bond motifs is 1. The number of ether oxygens (including phenoxy) is 1. The van der Waals surface area contributed by atoms with Gasteiger partial charge in [0.05, 0.1) is 22.6 Å². The number of aliphatic carboxylic acids is 1. The maximum absolute atomic E-state index is 14.4. The van der Waals surface area contributed by atoms with Gasteiger partial charge >= 0.3 is 12.1 Å². The van der Waals surface area contributed by atoms with Crippen molar-refractivity contribution in [1.29, 1.82) is 0 Å². The lowest BCUT2D eigenvalue weighted by Gasteiger charge is -2.08. The number of thiazole rings is 1. The van der Waals surface area contributed by atoms with Gasteiger partial charge in [0.25, 0.3) is 0 Å². The highest BCUT2D eigenvalue weighted by molar-refractivity contribution is 7.15. The first kappa shape index (κ1) is 27.7. The molecule has 5 nitrogen and oxygen atoms in total. The van der Waals surface area contributed by atoms with E-state index in [2.05, 4.69) is 9.97 Å². The standard InChI is InChI=1S/C29H21ClF4N2O3S/c30-22-2-1-3-23(31)20(22)9-11-25-26(40-28(36-25)16-4-6-18(7-5-16)29(32,33)34)15-39-19-8-10-24-21(13-19)17(14-35-24)12-27(37)38/h1-8,10,13-14,35H,9,11-12,15H2,(H,37,38). The summed E-state index contributed by atoms with van der Waals surface area (Å²) >= 11 is 7.48. The van der Waals surface area contributed by atoms with Crippen molar-refractivity contribution in [3.05, 3.63) is 105 Å². The molecule has 0 bridgehead atoms. The van der Waals surface area contributed by atoms with Gasteiger partial charge in [-0.05, 0) is 60.9 Å². The molecule has 0 atom stereocenters. The maximum Gasteiger partial charge on any atom is 0.416 e. The van der Waals surface area contributed by atoms with Crippen molar-refractivity contribution in [1.82, 2.24) is 9.97 Å². The van der Waals surface area contributed by atoms with E-state index < -0.39 is 23.5 Å². The summed E-state index contributed by atoms with van der Waals surface area (Å²) in [6.07, 6.45) is -2.35. The molecule has 0 saturated carbocycles. The molecular weight excluding hydrogens is 568 g/mol. The van der Waals surface area contributed by atoms with Crippen LogP contribution in [-0.2, 0) is 36.8 Å². The van der Waals surface area contributed by atoms with Gasteiger partial charge in [-0.1, -0.05) is 29.8 Å². The lowest BCUT2D eigenvalue weighted by Crippen LogP contribution is -2.04. The zero-order valence-electron chi connectivity index (χ0n) is 20.7. The van der Waals surface area contributed by atoms with Crippen molar-refractivity contribution in [2.24, 2.45) is 0 Å². The van der Waals surface area contributed by atoms with E-state index in [1.807, 2.05) is 0 Å². The van der Waals surface area contributed by atoms with Crippen LogP contribution in [0.3, 0.4) is 0 Å². The van der Waals surface area contributed by atoms with Crippen molar-refractivity contribution >= 4 is 39.8 Å². The van der Waals surface area contributed by atoms with Crippen LogP contribution in [-0.4, -0.2) is 21.0 Å². The number of aromatic nitrogens is 2. The smallest absolute Gasteiger partial charge is 0.416 e. The number of hydrogen-bond donors (Lipinski definition) is 2. The Kier molecular flexibility index (Phi) is 7.82. The lowest BCUT2D eigenvalue weighted by atomic mass is 10.1. The molecule has 0 aliphatic carbocycles. The first-order valence-electron chi connectivity index (χ1n) is 12.1. The number of nitrogens with zero attached hydrogens (tertiary/aromatic N) is 1. The summed E-state index contributed by atoms with van der Waals surface area (Å²) in [5.74, 6) is -0.876. The normalized spacial score (nSPS) is 11.7. The molecule has 0 spiro atoms. The Labute approximate surface area is 235 Å². The molecule has 0 aliphatic heterocycles. The molecule has 0 amide bonds. The first-order chi connectivity index (χ1) is 19.1. The van der Waals surface area contributed by atoms with Crippen LogP contribution in [0.1, 0.15) is 27.3 Å². The molecule has 206 valence electrons. The average molecular weight is 589 g/mol. The summed E-state index contributed by atoms with van der Waals surface area (Å²) in [5.41, 5.74) is 2.12. The third kappa shape index (κ3) is 6.13. The Hall–Kier alpha value is -3.89. The van der Waals surface area contributed by atoms with Crippen LogP contribution in [0.25, 0.3) is 21.5 Å². The molecule has 11 heteroatoms. The van der Waals surface area contributed by atoms with E-state index in [4.69, 9.17) is 16.3 Å². The monoisotopic (exact) mass is 588 g/mol. The topological polar surface area (TPSA) is 75.2 Å². The highest BCUT2D eigenvalue weighted by Gasteiger charge is 2.30. The zero-order chi connectivity index (χ0) is 28.4. The minimum atomic E-state index is -4.45. The lowest BCUT2D eigenvalue weighted by molar-refractivity contribution is -0.138. The number of rotatable bonds is 9. The number of carboxylic acids is 1. The largest absolute Gasteiger partial charge is 0.488 e. The van der Waals surface area contributed by atoms with Gasteiger partial charge in [-0.15, -0.1) is 11.3 Å². The van der Waals surface area contributed by atoms with Crippen molar-refractivity contribution in [3.8, 4) is 16.3 Å². The fraction of sp³-hybridized carbons (Fsp3) is 0.172. The van der Waals surface area contributed by atoms with Crippen molar-refractivity contribution in [2.75, 3.05) is 0 Å². The van der Waals surface area contributed by atoms with Crippen LogP contribution in [0.5, 0.6) is 5.75 Å². The van der Waals surface area contributed by atoms with Crippen LogP contribution >= 0.6 is 22.9 Å². The Balaban J connectivity index is 1.42. The summed E-state index contributed by atoms with van der Waals surface area (Å²) < 4.78 is 59.5. The summed E-state index contributed by atoms with van der Waals surface area (Å²) in [5, 5.41) is 10.7. The average Bonchev–Trinajstić information content (AvgIpc) is 3.50. The molecule has 0 saturated heterocycles. The van der Waals surface area contributed by atoms with Crippen LogP contribution in [0, 0.1) is 5.82 Å². The van der Waals surface area contributed by atoms with Gasteiger partial charge in [0.1, 0.15) is 23.2 Å². The molecule has 0 radical (unpaired) electrons. The van der Waals surface area contributed by atoms with Gasteiger partial charge in [0.15, 0.2) is 0 Å². The third-order valence-electron chi connectivity index (χ3n) is 6.36. The molecule has 2 N–H and O–H groups in total. The van der Waals surface area contributed by atoms with E-state index in [-0.39, 0.29) is 19.4 Å². The SMILES string of the molecule is O=C(O)Cc1c[nH]c2ccc(OCc3sc(-c4ccc(C(F)(F)F)cc4)nc3CCc3c(F)cccc3Cl)cc12. The Bertz CT molecular complexity index is 1660. The predicted molar refractivity (Wildman–Crippen MR) is 145 cm³/mol. The van der Waals surface area contributed by atoms with E-state index in [9.17, 15) is 27.5 Å². The molecule has 3 aromatic carbocycles. The fourth-order valence-electron chi connectivity index (χ4n) is 4.34. The van der Waals surface area contributed by atoms with Gasteiger partial charge in [-0.25, -0.2) is 9.37 Å². The van der Waals surface area contributed by atoms with Gasteiger partial charge < -0.3 is 14.8 Å². The quantitative estimate of drug-likeness (QED) is 0.171. The van der Waals surface area contributed by atoms with Crippen molar-refractivity contribution in [2.45, 2.75) is 32.0 Å². The predicted octanol–water partition coefficient (Wildman–Crippen LogP) is 8.09. The number of alkyl halides is 3. The summed E-state index contributed by atoms with van der Waals surface area (Å²) in [7, 11) is 0. The number of aryl methyl sites for hydroxylation is 1. The van der Waals surface area contributed by atoms with Gasteiger partial charge in [0.2, 0.25) is 0 Å². The van der Waals surface area contributed by atoms with Gasteiger partial charge in [0, 0.05) is 33.2 Å². The molecule has 0 fully saturated rings. The maximum atomic E-state index is 14.4. The van der Waals surface area contributed by atoms with Crippen LogP contribution in [0.4, 0.5) is 17.6 Å². The highest BCUT2D eigenvalue weighted by Crippen LogP contribution is 2.34. The fourth-order valence-corrected chi connectivity index (χ4v) is 5.62. The minimum absolute atomic E-state index is 0.100. The highest BCUT2D eigenvalue weighted by atomic mass is 35.5. The summed E-state index contributed by atoms with van der Waals surface area (Å²) in [4.78, 5) is 19.6. The second-order valence-electron chi connectivity index (χ2n) is 9.04. The van der Waals surface area contributed by atoms with E-state index in [1.54, 1.807) is 30.5 Å². The van der Waals surface area contributed by atoms with Crippen molar-refractivity contribution in [3.63, 3.8) is 0 Å². The van der Waals surface area contributed by atoms with E-state index in [0.29, 0.717) is 44.6 Å². The van der Waals surface area contributed by atoms with E-state index in [1.165, 1.54) is 35.6 Å². The van der Waals surface area contributed by atoms with Gasteiger partial charge in [-0.3, -0.25) is 4.79 Å². The number of H-pyrrole nitrogens is 1. The Morgan fingerprint density at radius 1 is 1.07 bits per heavy atom. The van der Waals surface area contributed by atoms with Crippen molar-refractivity contribution < 1.29 is 32.2 Å². The van der Waals surface area contributed by atoms with Crippen LogP contribution in [0.15, 0.2) is 66.9 Å². The zero-order valence-corrected chi connectivity index (χ0v) is 22.3. The summed E-state index contributed by atoms with van der Waals surface area (Å²) in [6.45, 7) is 0.100.